The Bertz CT molecular complexity index is 399. The van der Waals surface area contributed by atoms with Crippen LogP contribution in [0.3, 0.4) is 0 Å². The van der Waals surface area contributed by atoms with Crippen LogP contribution in [-0.4, -0.2) is 11.1 Å². The number of hydrogen-bond acceptors (Lipinski definition) is 1. The molecule has 0 heterocycles. The molecule has 0 aromatic heterocycles. The molecule has 0 saturated heterocycles. The van der Waals surface area contributed by atoms with Gasteiger partial charge in [-0.3, -0.25) is 0 Å². The third-order valence-electron chi connectivity index (χ3n) is 1.63. The Morgan fingerprint density at radius 3 is 2.44 bits per heavy atom. The maximum atomic E-state index is 12.2. The highest BCUT2D eigenvalue weighted by molar-refractivity contribution is 5.85. The van der Waals surface area contributed by atoms with Gasteiger partial charge in [0.05, 0.1) is 5.56 Å². The Morgan fingerprint density at radius 2 is 1.94 bits per heavy atom. The van der Waals surface area contributed by atoms with Crippen LogP contribution in [0.15, 0.2) is 30.3 Å². The number of rotatable bonds is 2. The third kappa shape index (κ3) is 4.35. The van der Waals surface area contributed by atoms with Crippen LogP contribution >= 0.6 is 12.4 Å². The van der Waals surface area contributed by atoms with Gasteiger partial charge in [-0.1, -0.05) is 12.1 Å². The van der Waals surface area contributed by atoms with Crippen LogP contribution in [0.2, 0.25) is 0 Å². The van der Waals surface area contributed by atoms with Crippen LogP contribution in [0.5, 0.6) is 0 Å². The number of carboxylic acids is 1. The summed E-state index contributed by atoms with van der Waals surface area (Å²) in [6.07, 6.45) is -2.51. The first-order chi connectivity index (χ1) is 6.89. The molecule has 0 amide bonds. The number of aliphatic carboxylic acids is 1. The summed E-state index contributed by atoms with van der Waals surface area (Å²) in [6, 6.07) is 4.44. The molecule has 0 radical (unpaired) electrons. The highest BCUT2D eigenvalue weighted by atomic mass is 35.5. The molecule has 0 atom stereocenters. The molecule has 0 fully saturated rings. The number of alkyl halides is 3. The molecule has 0 aliphatic carbocycles. The van der Waals surface area contributed by atoms with E-state index >= 15 is 0 Å². The molecule has 1 N–H and O–H groups in total. The van der Waals surface area contributed by atoms with E-state index in [-0.39, 0.29) is 18.0 Å². The van der Waals surface area contributed by atoms with E-state index < -0.39 is 17.7 Å². The summed E-state index contributed by atoms with van der Waals surface area (Å²) >= 11 is 0. The van der Waals surface area contributed by atoms with E-state index in [2.05, 4.69) is 0 Å². The summed E-state index contributed by atoms with van der Waals surface area (Å²) < 4.78 is 36.7. The average molecular weight is 253 g/mol. The van der Waals surface area contributed by atoms with Gasteiger partial charge in [0.25, 0.3) is 0 Å². The Morgan fingerprint density at radius 1 is 1.31 bits per heavy atom. The number of carboxylic acid groups (broad SMARTS) is 1. The molecule has 1 aromatic carbocycles. The highest BCUT2D eigenvalue weighted by Crippen LogP contribution is 2.29. The molecule has 88 valence electrons. The topological polar surface area (TPSA) is 37.3 Å². The lowest BCUT2D eigenvalue weighted by Gasteiger charge is -2.06. The predicted molar refractivity (Wildman–Crippen MR) is 55.4 cm³/mol. The van der Waals surface area contributed by atoms with Crippen molar-refractivity contribution in [3.05, 3.63) is 41.5 Å². The summed E-state index contributed by atoms with van der Waals surface area (Å²) in [4.78, 5) is 10.1. The van der Waals surface area contributed by atoms with Gasteiger partial charge < -0.3 is 5.11 Å². The van der Waals surface area contributed by atoms with Gasteiger partial charge >= 0.3 is 12.1 Å². The zero-order valence-corrected chi connectivity index (χ0v) is 8.68. The van der Waals surface area contributed by atoms with Crippen LogP contribution in [0, 0.1) is 0 Å². The lowest BCUT2D eigenvalue weighted by molar-refractivity contribution is -0.137. The van der Waals surface area contributed by atoms with Crippen molar-refractivity contribution in [2.24, 2.45) is 0 Å². The van der Waals surface area contributed by atoms with Gasteiger partial charge in [-0.15, -0.1) is 12.4 Å². The van der Waals surface area contributed by atoms with Gasteiger partial charge in [0.1, 0.15) is 0 Å². The van der Waals surface area contributed by atoms with Gasteiger partial charge in [-0.05, 0) is 23.8 Å². The molecule has 0 spiro atoms. The van der Waals surface area contributed by atoms with Crippen LogP contribution in [0.25, 0.3) is 6.08 Å². The van der Waals surface area contributed by atoms with E-state index in [4.69, 9.17) is 5.11 Å². The highest BCUT2D eigenvalue weighted by Gasteiger charge is 2.30. The van der Waals surface area contributed by atoms with Gasteiger partial charge in [0.2, 0.25) is 0 Å². The Hall–Kier alpha value is -1.49. The molecular weight excluding hydrogens is 245 g/mol. The summed E-state index contributed by atoms with van der Waals surface area (Å²) in [5, 5.41) is 8.29. The van der Waals surface area contributed by atoms with Gasteiger partial charge in [0.15, 0.2) is 0 Å². The Kier molecular flexibility index (Phi) is 5.04. The van der Waals surface area contributed by atoms with Gasteiger partial charge in [-0.2, -0.15) is 13.2 Å². The summed E-state index contributed by atoms with van der Waals surface area (Å²) in [5.41, 5.74) is -0.595. The van der Waals surface area contributed by atoms with Crippen molar-refractivity contribution in [3.8, 4) is 0 Å². The maximum absolute atomic E-state index is 12.2. The van der Waals surface area contributed by atoms with E-state index in [1.165, 1.54) is 12.1 Å². The lowest BCUT2D eigenvalue weighted by atomic mass is 10.1. The minimum atomic E-state index is -4.41. The summed E-state index contributed by atoms with van der Waals surface area (Å²) in [7, 11) is 0. The first kappa shape index (κ1) is 14.5. The molecule has 0 bridgehead atoms. The molecule has 6 heteroatoms. The Labute approximate surface area is 95.8 Å². The zero-order chi connectivity index (χ0) is 11.5. The lowest BCUT2D eigenvalue weighted by Crippen LogP contribution is -2.04. The van der Waals surface area contributed by atoms with Crippen molar-refractivity contribution in [2.75, 3.05) is 0 Å². The molecule has 0 aliphatic heterocycles. The fraction of sp³-hybridized carbons (Fsp3) is 0.100. The first-order valence-corrected chi connectivity index (χ1v) is 3.98. The number of halogens is 4. The molecule has 1 aromatic rings. The van der Waals surface area contributed by atoms with E-state index in [9.17, 15) is 18.0 Å². The average Bonchev–Trinajstić information content (AvgIpc) is 2.14. The van der Waals surface area contributed by atoms with E-state index in [0.29, 0.717) is 0 Å². The van der Waals surface area contributed by atoms with E-state index in [1.54, 1.807) is 0 Å². The van der Waals surface area contributed by atoms with Crippen molar-refractivity contribution < 1.29 is 23.1 Å². The fourth-order valence-corrected chi connectivity index (χ4v) is 0.986. The van der Waals surface area contributed by atoms with Crippen LogP contribution in [0.1, 0.15) is 11.1 Å². The molecule has 0 aliphatic rings. The summed E-state index contributed by atoms with van der Waals surface area (Å²) in [5.74, 6) is -1.20. The fourth-order valence-electron chi connectivity index (χ4n) is 0.986. The zero-order valence-electron chi connectivity index (χ0n) is 7.86. The largest absolute Gasteiger partial charge is 0.478 e. The molecular formula is C10H8ClF3O2. The quantitative estimate of drug-likeness (QED) is 0.821. The molecule has 0 saturated carbocycles. The molecule has 16 heavy (non-hydrogen) atoms. The van der Waals surface area contributed by atoms with Crippen molar-refractivity contribution in [1.29, 1.82) is 0 Å². The summed E-state index contributed by atoms with van der Waals surface area (Å²) in [6.45, 7) is 0. The van der Waals surface area contributed by atoms with Gasteiger partial charge in [-0.25, -0.2) is 4.79 Å². The number of hydrogen-bond donors (Lipinski definition) is 1. The second-order valence-electron chi connectivity index (χ2n) is 2.79. The van der Waals surface area contributed by atoms with Gasteiger partial charge in [0, 0.05) is 6.08 Å². The van der Waals surface area contributed by atoms with Crippen LogP contribution in [0.4, 0.5) is 13.2 Å². The SMILES string of the molecule is Cl.O=C(O)C=Cc1cccc(C(F)(F)F)c1. The predicted octanol–water partition coefficient (Wildman–Crippen LogP) is 3.23. The minimum Gasteiger partial charge on any atom is -0.478 e. The third-order valence-corrected chi connectivity index (χ3v) is 1.63. The van der Waals surface area contributed by atoms with Crippen LogP contribution in [-0.2, 0) is 11.0 Å². The molecule has 2 nitrogen and oxygen atoms in total. The molecule has 1 rings (SSSR count). The normalized spacial score (nSPS) is 11.2. The smallest absolute Gasteiger partial charge is 0.416 e. The molecule has 0 unspecified atom stereocenters. The minimum absolute atomic E-state index is 0. The maximum Gasteiger partial charge on any atom is 0.416 e. The van der Waals surface area contributed by atoms with Crippen molar-refractivity contribution in [1.82, 2.24) is 0 Å². The standard InChI is InChI=1S/C10H7F3O2.ClH/c11-10(12,13)8-3-1-2-7(6-8)4-5-9(14)15;/h1-6H,(H,14,15);1H. The van der Waals surface area contributed by atoms with E-state index in [0.717, 1.165) is 24.3 Å². The second kappa shape index (κ2) is 5.55. The Balaban J connectivity index is 0.00000225. The first-order valence-electron chi connectivity index (χ1n) is 3.98. The number of carbonyl (C=O) groups is 1. The second-order valence-corrected chi connectivity index (χ2v) is 2.79. The van der Waals surface area contributed by atoms with E-state index in [1.807, 2.05) is 0 Å². The van der Waals surface area contributed by atoms with Crippen molar-refractivity contribution >= 4 is 24.5 Å². The monoisotopic (exact) mass is 252 g/mol. The number of benzene rings is 1. The van der Waals surface area contributed by atoms with Crippen molar-refractivity contribution in [3.63, 3.8) is 0 Å². The van der Waals surface area contributed by atoms with Crippen LogP contribution < -0.4 is 0 Å². The van der Waals surface area contributed by atoms with Crippen molar-refractivity contribution in [2.45, 2.75) is 6.18 Å².